The number of fused-ring (bicyclic) bond motifs is 7. The summed E-state index contributed by atoms with van der Waals surface area (Å²) in [5.41, 5.74) is 13.7. The Bertz CT molecular complexity index is 3030. The quantitative estimate of drug-likeness (QED) is 0.120. The first kappa shape index (κ1) is 35.7. The van der Waals surface area contributed by atoms with Crippen molar-refractivity contribution >= 4 is 66.5 Å². The van der Waals surface area contributed by atoms with E-state index in [2.05, 4.69) is 195 Å². The van der Waals surface area contributed by atoms with Gasteiger partial charge in [0.05, 0.1) is 16.7 Å². The van der Waals surface area contributed by atoms with E-state index in [4.69, 9.17) is 4.99 Å². The third kappa shape index (κ3) is 7.26. The molecule has 0 spiro atoms. The van der Waals surface area contributed by atoms with E-state index in [0.29, 0.717) is 0 Å². The molecule has 0 unspecified atom stereocenters. The second kappa shape index (κ2) is 15.6. The van der Waals surface area contributed by atoms with Crippen LogP contribution in [-0.2, 0) is 6.42 Å². The molecule has 1 aliphatic rings. The van der Waals surface area contributed by atoms with Crippen molar-refractivity contribution in [2.24, 2.45) is 4.99 Å². The zero-order valence-corrected chi connectivity index (χ0v) is 32.5. The van der Waals surface area contributed by atoms with Crippen molar-refractivity contribution in [1.29, 1.82) is 0 Å². The molecule has 0 amide bonds. The molecule has 57 heavy (non-hydrogen) atoms. The third-order valence-corrected chi connectivity index (χ3v) is 11.1. The zero-order chi connectivity index (χ0) is 38.7. The van der Waals surface area contributed by atoms with Crippen LogP contribution in [0.5, 0.6) is 0 Å². The molecular formula is C55H44N2. The van der Waals surface area contributed by atoms with Crippen molar-refractivity contribution in [3.05, 3.63) is 222 Å². The monoisotopic (exact) mass is 732 g/mol. The van der Waals surface area contributed by atoms with Crippen molar-refractivity contribution in [2.75, 3.05) is 0 Å². The fourth-order valence-electron chi connectivity index (χ4n) is 8.13. The average Bonchev–Trinajstić information content (AvgIpc) is 3.62. The molecular weight excluding hydrogens is 689 g/mol. The Morgan fingerprint density at radius 2 is 1.25 bits per heavy atom. The van der Waals surface area contributed by atoms with Crippen LogP contribution in [0.15, 0.2) is 200 Å². The number of rotatable bonds is 6. The lowest BCUT2D eigenvalue weighted by atomic mass is 9.96. The summed E-state index contributed by atoms with van der Waals surface area (Å²) >= 11 is 0. The highest BCUT2D eigenvalue weighted by atomic mass is 15.0. The molecule has 2 heteroatoms. The predicted molar refractivity (Wildman–Crippen MR) is 247 cm³/mol. The van der Waals surface area contributed by atoms with Crippen LogP contribution in [0.4, 0.5) is 0 Å². The maximum atomic E-state index is 5.15. The maximum Gasteiger partial charge on any atom is 0.0726 e. The summed E-state index contributed by atoms with van der Waals surface area (Å²) < 4.78 is 2.28. The molecule has 2 nitrogen and oxygen atoms in total. The van der Waals surface area contributed by atoms with Gasteiger partial charge in [-0.25, -0.2) is 0 Å². The second-order valence-electron chi connectivity index (χ2n) is 14.9. The van der Waals surface area contributed by atoms with Crippen LogP contribution in [-0.4, -0.2) is 10.3 Å². The Balaban J connectivity index is 0.000000366. The van der Waals surface area contributed by atoms with Crippen LogP contribution in [0.3, 0.4) is 0 Å². The molecule has 1 heterocycles. The first-order valence-electron chi connectivity index (χ1n) is 19.8. The lowest BCUT2D eigenvalue weighted by molar-refractivity contribution is 0.986. The highest BCUT2D eigenvalue weighted by Gasteiger charge is 2.16. The van der Waals surface area contributed by atoms with Crippen LogP contribution in [0.2, 0.25) is 0 Å². The molecule has 0 fully saturated rings. The van der Waals surface area contributed by atoms with Crippen molar-refractivity contribution in [3.8, 4) is 11.1 Å². The molecule has 1 aliphatic carbocycles. The number of aromatic nitrogens is 1. The summed E-state index contributed by atoms with van der Waals surface area (Å²) in [4.78, 5) is 5.15. The summed E-state index contributed by atoms with van der Waals surface area (Å²) in [5.74, 6) is 0. The van der Waals surface area contributed by atoms with E-state index < -0.39 is 0 Å². The summed E-state index contributed by atoms with van der Waals surface area (Å²) in [6, 6.07) is 62.6. The zero-order valence-electron chi connectivity index (χ0n) is 32.5. The highest BCUT2D eigenvalue weighted by Crippen LogP contribution is 2.39. The molecule has 1 aromatic heterocycles. The molecule has 0 bridgehead atoms. The van der Waals surface area contributed by atoms with E-state index in [0.717, 1.165) is 39.3 Å². The van der Waals surface area contributed by atoms with E-state index in [1.807, 2.05) is 24.3 Å². The lowest BCUT2D eigenvalue weighted by Crippen LogP contribution is -1.97. The number of hydrogen-bond donors (Lipinski definition) is 0. The van der Waals surface area contributed by atoms with Gasteiger partial charge in [0, 0.05) is 27.7 Å². The van der Waals surface area contributed by atoms with Gasteiger partial charge >= 0.3 is 0 Å². The fourth-order valence-corrected chi connectivity index (χ4v) is 8.13. The van der Waals surface area contributed by atoms with Crippen LogP contribution in [0, 0.1) is 6.92 Å². The summed E-state index contributed by atoms with van der Waals surface area (Å²) in [6.45, 7) is 8.85. The Labute approximate surface area is 335 Å². The minimum Gasteiger partial charge on any atom is -0.310 e. The van der Waals surface area contributed by atoms with Gasteiger partial charge in [0.25, 0.3) is 0 Å². The standard InChI is InChI=1S/C45H34N2.C10H10/c1-30-18-19-37-28-38(23-22-36(37)26-30)39-21-20-34-24-25-44-45(41(34)29-39)40-16-10-11-17-43(40)47(44)31(2)27-42(35-14-8-5-9-15-35)46-32(3)33-12-6-4-7-13-33;1-2-6-10-8-4-3-7-9(10)5-1/h4-29H,2H2,1,3H3;1-3,5-7H,4,8H2/b42-27-,46-32?;. The van der Waals surface area contributed by atoms with Gasteiger partial charge in [-0.05, 0) is 106 Å². The van der Waals surface area contributed by atoms with E-state index >= 15 is 0 Å². The van der Waals surface area contributed by atoms with Gasteiger partial charge in [-0.2, -0.15) is 0 Å². The number of aliphatic imine (C=N–C) groups is 1. The van der Waals surface area contributed by atoms with Gasteiger partial charge in [-0.15, -0.1) is 0 Å². The molecule has 0 radical (unpaired) electrons. The normalized spacial score (nSPS) is 12.8. The molecule has 274 valence electrons. The van der Waals surface area contributed by atoms with Crippen molar-refractivity contribution in [3.63, 3.8) is 0 Å². The average molecular weight is 733 g/mol. The van der Waals surface area contributed by atoms with Gasteiger partial charge in [-0.3, -0.25) is 4.99 Å². The fraction of sp³-hybridized carbons (Fsp3) is 0.0727. The number of allylic oxidation sites excluding steroid dienone is 3. The van der Waals surface area contributed by atoms with Gasteiger partial charge in [0.1, 0.15) is 0 Å². The minimum absolute atomic E-state index is 0.861. The second-order valence-corrected chi connectivity index (χ2v) is 14.9. The highest BCUT2D eigenvalue weighted by molar-refractivity contribution is 6.22. The third-order valence-electron chi connectivity index (χ3n) is 11.1. The molecule has 0 atom stereocenters. The number of hydrogen-bond acceptors (Lipinski definition) is 1. The first-order chi connectivity index (χ1) is 28.0. The Morgan fingerprint density at radius 1 is 0.596 bits per heavy atom. The SMILES string of the molecule is C1=Cc2ccccc2CC1.C=C(/C=C(\N=C(C)c1ccccc1)c1ccccc1)n1c2ccccc2c2c3cc(-c4ccc5cc(C)ccc5c4)ccc3ccc21. The van der Waals surface area contributed by atoms with E-state index in [9.17, 15) is 0 Å². The van der Waals surface area contributed by atoms with Crippen LogP contribution < -0.4 is 0 Å². The predicted octanol–water partition coefficient (Wildman–Crippen LogP) is 14.7. The number of nitrogens with zero attached hydrogens (tertiary/aromatic N) is 2. The molecule has 10 rings (SSSR count). The van der Waals surface area contributed by atoms with Crippen molar-refractivity contribution in [2.45, 2.75) is 26.7 Å². The van der Waals surface area contributed by atoms with Gasteiger partial charge in [0.2, 0.25) is 0 Å². The van der Waals surface area contributed by atoms with Crippen molar-refractivity contribution in [1.82, 2.24) is 4.57 Å². The van der Waals surface area contributed by atoms with Crippen LogP contribution in [0.25, 0.3) is 71.9 Å². The van der Waals surface area contributed by atoms with Crippen molar-refractivity contribution < 1.29 is 0 Å². The van der Waals surface area contributed by atoms with Crippen LogP contribution >= 0.6 is 0 Å². The Morgan fingerprint density at radius 3 is 2.05 bits per heavy atom. The maximum absolute atomic E-state index is 5.15. The molecule has 0 saturated carbocycles. The Hall–Kier alpha value is -7.03. The Kier molecular flexibility index (Phi) is 9.76. The van der Waals surface area contributed by atoms with Gasteiger partial charge in [0.15, 0.2) is 0 Å². The summed E-state index contributed by atoms with van der Waals surface area (Å²) in [6.07, 6.45) is 8.98. The number of benzene rings is 8. The smallest absolute Gasteiger partial charge is 0.0726 e. The first-order valence-corrected chi connectivity index (χ1v) is 19.8. The van der Waals surface area contributed by atoms with E-state index in [1.165, 1.54) is 73.0 Å². The van der Waals surface area contributed by atoms with E-state index in [1.54, 1.807) is 0 Å². The van der Waals surface area contributed by atoms with Gasteiger partial charge in [-0.1, -0.05) is 176 Å². The topological polar surface area (TPSA) is 17.3 Å². The number of aryl methyl sites for hydroxylation is 2. The van der Waals surface area contributed by atoms with E-state index in [-0.39, 0.29) is 0 Å². The molecule has 9 aromatic rings. The molecule has 8 aromatic carbocycles. The summed E-state index contributed by atoms with van der Waals surface area (Å²) in [7, 11) is 0. The summed E-state index contributed by atoms with van der Waals surface area (Å²) in [5, 5.41) is 7.41. The lowest BCUT2D eigenvalue weighted by Gasteiger charge is -2.11. The largest absolute Gasteiger partial charge is 0.310 e. The number of para-hydroxylation sites is 1. The van der Waals surface area contributed by atoms with Crippen LogP contribution in [0.1, 0.15) is 41.2 Å². The molecule has 0 aliphatic heterocycles. The molecule has 0 saturated heterocycles. The minimum atomic E-state index is 0.861. The van der Waals surface area contributed by atoms with Gasteiger partial charge < -0.3 is 4.57 Å². The molecule has 0 N–H and O–H groups in total.